The van der Waals surface area contributed by atoms with Crippen molar-refractivity contribution in [3.8, 4) is 5.75 Å². The Morgan fingerprint density at radius 2 is 2.00 bits per heavy atom. The van der Waals surface area contributed by atoms with Crippen molar-refractivity contribution in [1.29, 1.82) is 0 Å². The predicted molar refractivity (Wildman–Crippen MR) is 59.9 cm³/mol. The van der Waals surface area contributed by atoms with Crippen molar-refractivity contribution in [3.05, 3.63) is 29.8 Å². The van der Waals surface area contributed by atoms with Crippen LogP contribution in [-0.2, 0) is 5.60 Å². The van der Waals surface area contributed by atoms with Crippen molar-refractivity contribution in [3.63, 3.8) is 0 Å². The fourth-order valence-corrected chi connectivity index (χ4v) is 2.43. The SMILES string of the molecule is COc1ccc([C@]2(O)CC[C@@H](C)C2)cc1. The lowest BCUT2D eigenvalue weighted by atomic mass is 9.91. The average molecular weight is 206 g/mol. The Morgan fingerprint density at radius 3 is 2.47 bits per heavy atom. The molecule has 0 amide bonds. The molecule has 82 valence electrons. The van der Waals surface area contributed by atoms with Gasteiger partial charge in [0.2, 0.25) is 0 Å². The molecule has 1 aromatic rings. The summed E-state index contributed by atoms with van der Waals surface area (Å²) in [5, 5.41) is 10.5. The number of hydrogen-bond acceptors (Lipinski definition) is 2. The zero-order valence-electron chi connectivity index (χ0n) is 9.36. The normalized spacial score (nSPS) is 30.5. The third-order valence-electron chi connectivity index (χ3n) is 3.36. The van der Waals surface area contributed by atoms with Crippen molar-refractivity contribution >= 4 is 0 Å². The van der Waals surface area contributed by atoms with E-state index in [-0.39, 0.29) is 0 Å². The molecule has 0 aromatic heterocycles. The van der Waals surface area contributed by atoms with E-state index in [1.54, 1.807) is 7.11 Å². The van der Waals surface area contributed by atoms with Gasteiger partial charge in [-0.15, -0.1) is 0 Å². The van der Waals surface area contributed by atoms with Crippen molar-refractivity contribution < 1.29 is 9.84 Å². The second-order valence-electron chi connectivity index (χ2n) is 4.61. The van der Waals surface area contributed by atoms with Crippen LogP contribution in [-0.4, -0.2) is 12.2 Å². The second kappa shape index (κ2) is 3.86. The number of methoxy groups -OCH3 is 1. The lowest BCUT2D eigenvalue weighted by Crippen LogP contribution is -2.21. The monoisotopic (exact) mass is 206 g/mol. The molecule has 0 saturated heterocycles. The summed E-state index contributed by atoms with van der Waals surface area (Å²) in [5.41, 5.74) is 0.416. The third-order valence-corrected chi connectivity index (χ3v) is 3.36. The molecular formula is C13H18O2. The van der Waals surface area contributed by atoms with Gasteiger partial charge < -0.3 is 9.84 Å². The first-order chi connectivity index (χ1) is 7.14. The highest BCUT2D eigenvalue weighted by Crippen LogP contribution is 2.41. The fraction of sp³-hybridized carbons (Fsp3) is 0.538. The number of hydrogen-bond donors (Lipinski definition) is 1. The molecule has 2 rings (SSSR count). The Balaban J connectivity index is 2.22. The molecule has 15 heavy (non-hydrogen) atoms. The van der Waals surface area contributed by atoms with E-state index >= 15 is 0 Å². The van der Waals surface area contributed by atoms with Crippen molar-refractivity contribution in [2.45, 2.75) is 31.8 Å². The van der Waals surface area contributed by atoms with Gasteiger partial charge in [-0.25, -0.2) is 0 Å². The maximum absolute atomic E-state index is 10.5. The Bertz CT molecular complexity index is 331. The van der Waals surface area contributed by atoms with Crippen LogP contribution in [0.15, 0.2) is 24.3 Å². The summed E-state index contributed by atoms with van der Waals surface area (Å²) in [4.78, 5) is 0. The van der Waals surface area contributed by atoms with E-state index in [0.717, 1.165) is 30.6 Å². The van der Waals surface area contributed by atoms with Crippen LogP contribution in [0.2, 0.25) is 0 Å². The van der Waals surface area contributed by atoms with Crippen LogP contribution in [0.25, 0.3) is 0 Å². The maximum atomic E-state index is 10.5. The largest absolute Gasteiger partial charge is 0.497 e. The van der Waals surface area contributed by atoms with Crippen LogP contribution < -0.4 is 4.74 Å². The van der Waals surface area contributed by atoms with E-state index in [4.69, 9.17) is 4.74 Å². The van der Waals surface area contributed by atoms with Crippen LogP contribution in [0.3, 0.4) is 0 Å². The summed E-state index contributed by atoms with van der Waals surface area (Å²) in [5.74, 6) is 1.46. The highest BCUT2D eigenvalue weighted by Gasteiger charge is 2.36. The van der Waals surface area contributed by atoms with E-state index < -0.39 is 5.60 Å². The number of benzene rings is 1. The van der Waals surface area contributed by atoms with Crippen LogP contribution in [0, 0.1) is 5.92 Å². The van der Waals surface area contributed by atoms with Gasteiger partial charge >= 0.3 is 0 Å². The van der Waals surface area contributed by atoms with Gasteiger partial charge in [-0.2, -0.15) is 0 Å². The van der Waals surface area contributed by atoms with Gasteiger partial charge in [-0.05, 0) is 42.9 Å². The molecule has 0 aliphatic heterocycles. The molecule has 1 fully saturated rings. The number of aliphatic hydroxyl groups is 1. The molecule has 2 atom stereocenters. The Labute approximate surface area is 90.9 Å². The standard InChI is InChI=1S/C13H18O2/c1-10-7-8-13(14,9-10)11-3-5-12(15-2)6-4-11/h3-6,10,14H,7-9H2,1-2H3/t10-,13+/m1/s1. The number of rotatable bonds is 2. The average Bonchev–Trinajstić information content (AvgIpc) is 2.60. The van der Waals surface area contributed by atoms with Gasteiger partial charge in [-0.3, -0.25) is 0 Å². The van der Waals surface area contributed by atoms with E-state index in [0.29, 0.717) is 5.92 Å². The smallest absolute Gasteiger partial charge is 0.118 e. The molecule has 0 unspecified atom stereocenters. The van der Waals surface area contributed by atoms with Crippen molar-refractivity contribution in [1.82, 2.24) is 0 Å². The Kier molecular flexibility index (Phi) is 2.70. The molecule has 0 radical (unpaired) electrons. The van der Waals surface area contributed by atoms with Crippen LogP contribution >= 0.6 is 0 Å². The molecule has 1 aliphatic carbocycles. The molecule has 0 bridgehead atoms. The first-order valence-corrected chi connectivity index (χ1v) is 5.51. The predicted octanol–water partition coefficient (Wildman–Crippen LogP) is 2.70. The van der Waals surface area contributed by atoms with Crippen LogP contribution in [0.1, 0.15) is 31.7 Å². The van der Waals surface area contributed by atoms with E-state index in [9.17, 15) is 5.11 Å². The zero-order valence-corrected chi connectivity index (χ0v) is 9.36. The summed E-state index contributed by atoms with van der Waals surface area (Å²) in [6.45, 7) is 2.20. The van der Waals surface area contributed by atoms with Gasteiger partial charge in [0.25, 0.3) is 0 Å². The number of ether oxygens (including phenoxy) is 1. The van der Waals surface area contributed by atoms with Gasteiger partial charge in [0.1, 0.15) is 5.75 Å². The van der Waals surface area contributed by atoms with E-state index in [1.807, 2.05) is 24.3 Å². The topological polar surface area (TPSA) is 29.5 Å². The van der Waals surface area contributed by atoms with Crippen molar-refractivity contribution in [2.75, 3.05) is 7.11 Å². The lowest BCUT2D eigenvalue weighted by molar-refractivity contribution is 0.0407. The van der Waals surface area contributed by atoms with E-state index in [2.05, 4.69) is 6.92 Å². The molecule has 1 N–H and O–H groups in total. The van der Waals surface area contributed by atoms with Gasteiger partial charge in [0.15, 0.2) is 0 Å². The Hall–Kier alpha value is -1.02. The van der Waals surface area contributed by atoms with Crippen molar-refractivity contribution in [2.24, 2.45) is 5.92 Å². The summed E-state index contributed by atoms with van der Waals surface area (Å²) < 4.78 is 5.10. The fourth-order valence-electron chi connectivity index (χ4n) is 2.43. The summed E-state index contributed by atoms with van der Waals surface area (Å²) in [6, 6.07) is 7.76. The van der Waals surface area contributed by atoms with Crippen LogP contribution in [0.4, 0.5) is 0 Å². The second-order valence-corrected chi connectivity index (χ2v) is 4.61. The minimum atomic E-state index is -0.605. The molecule has 0 heterocycles. The summed E-state index contributed by atoms with van der Waals surface area (Å²) in [6.07, 6.45) is 2.86. The molecule has 2 nitrogen and oxygen atoms in total. The minimum Gasteiger partial charge on any atom is -0.497 e. The van der Waals surface area contributed by atoms with Gasteiger partial charge in [0, 0.05) is 0 Å². The van der Waals surface area contributed by atoms with E-state index in [1.165, 1.54) is 0 Å². The first kappa shape index (κ1) is 10.5. The van der Waals surface area contributed by atoms with Gasteiger partial charge in [-0.1, -0.05) is 19.1 Å². The summed E-state index contributed by atoms with van der Waals surface area (Å²) in [7, 11) is 1.65. The molecule has 0 spiro atoms. The molecular weight excluding hydrogens is 188 g/mol. The maximum Gasteiger partial charge on any atom is 0.118 e. The molecule has 2 heteroatoms. The summed E-state index contributed by atoms with van der Waals surface area (Å²) >= 11 is 0. The third kappa shape index (κ3) is 2.00. The Morgan fingerprint density at radius 1 is 1.33 bits per heavy atom. The van der Waals surface area contributed by atoms with Crippen LogP contribution in [0.5, 0.6) is 5.75 Å². The highest BCUT2D eigenvalue weighted by atomic mass is 16.5. The first-order valence-electron chi connectivity index (χ1n) is 5.51. The molecule has 1 saturated carbocycles. The molecule has 1 aromatic carbocycles. The molecule has 1 aliphatic rings. The minimum absolute atomic E-state index is 0.605. The van der Waals surface area contributed by atoms with Gasteiger partial charge in [0.05, 0.1) is 12.7 Å². The highest BCUT2D eigenvalue weighted by molar-refractivity contribution is 5.31. The quantitative estimate of drug-likeness (QED) is 0.806. The lowest BCUT2D eigenvalue weighted by Gasteiger charge is -2.23. The zero-order chi connectivity index (χ0) is 10.9.